The molecule has 0 aliphatic carbocycles. The summed E-state index contributed by atoms with van der Waals surface area (Å²) >= 11 is 12.8. The number of carbonyl (C=O) groups is 2. The minimum Gasteiger partial charge on any atom is -0.497 e. The zero-order valence-corrected chi connectivity index (χ0v) is 24.2. The first-order valence-electron chi connectivity index (χ1n) is 12.5. The maximum absolute atomic E-state index is 13.5. The van der Waals surface area contributed by atoms with E-state index in [1.54, 1.807) is 47.3 Å². The van der Waals surface area contributed by atoms with E-state index in [1.165, 1.54) is 21.3 Å². The van der Waals surface area contributed by atoms with Crippen molar-refractivity contribution in [2.45, 2.75) is 0 Å². The Labute approximate surface area is 243 Å². The average Bonchev–Trinajstić information content (AvgIpc) is 3.00. The number of benzene rings is 3. The molecule has 1 aliphatic heterocycles. The Kier molecular flexibility index (Phi) is 9.45. The van der Waals surface area contributed by atoms with E-state index < -0.39 is 0 Å². The van der Waals surface area contributed by atoms with Crippen molar-refractivity contribution in [2.75, 3.05) is 54.6 Å². The molecule has 1 heterocycles. The molecule has 10 heteroatoms. The molecule has 0 unspecified atom stereocenters. The molecular formula is C30H30Cl2N2O6. The van der Waals surface area contributed by atoms with Crippen LogP contribution in [-0.2, 0) is 4.79 Å². The third-order valence-corrected chi connectivity index (χ3v) is 7.52. The second-order valence-corrected chi connectivity index (χ2v) is 9.70. The van der Waals surface area contributed by atoms with Gasteiger partial charge in [0.1, 0.15) is 5.75 Å². The number of rotatable bonds is 8. The molecule has 3 aromatic rings. The van der Waals surface area contributed by atoms with E-state index in [9.17, 15) is 9.59 Å². The minimum atomic E-state index is -0.193. The Hall–Kier alpha value is -3.88. The first kappa shape index (κ1) is 29.1. The molecule has 4 rings (SSSR count). The number of carbonyl (C=O) groups excluding carboxylic acids is 2. The van der Waals surface area contributed by atoms with E-state index in [0.29, 0.717) is 75.9 Å². The number of methoxy groups -OCH3 is 4. The van der Waals surface area contributed by atoms with Crippen LogP contribution in [0, 0.1) is 0 Å². The van der Waals surface area contributed by atoms with Crippen molar-refractivity contribution in [3.05, 3.63) is 87.4 Å². The molecule has 0 radical (unpaired) electrons. The zero-order chi connectivity index (χ0) is 28.8. The summed E-state index contributed by atoms with van der Waals surface area (Å²) in [6.45, 7) is 1.46. The summed E-state index contributed by atoms with van der Waals surface area (Å²) in [7, 11) is 6.10. The third kappa shape index (κ3) is 6.13. The predicted molar refractivity (Wildman–Crippen MR) is 155 cm³/mol. The monoisotopic (exact) mass is 584 g/mol. The van der Waals surface area contributed by atoms with Gasteiger partial charge in [-0.2, -0.15) is 0 Å². The van der Waals surface area contributed by atoms with Crippen molar-refractivity contribution in [1.29, 1.82) is 0 Å². The molecule has 1 saturated heterocycles. The Morgan fingerprint density at radius 3 is 1.90 bits per heavy atom. The van der Waals surface area contributed by atoms with Crippen molar-refractivity contribution in [3.8, 4) is 23.0 Å². The third-order valence-electron chi connectivity index (χ3n) is 6.70. The standard InChI is InChI=1S/C30H30Cl2N2O6/c1-37-21-10-8-19(9-11-21)23(22-6-5-7-24(31)28(22)32)18-27(35)33-12-14-34(15-13-33)30(36)20-16-25(38-2)29(40-4)26(17-20)39-3/h5-11,16-18H,12-15H2,1-4H3. The normalized spacial score (nSPS) is 13.6. The molecule has 0 aromatic heterocycles. The van der Waals surface area contributed by atoms with Crippen LogP contribution in [0.5, 0.6) is 23.0 Å². The first-order valence-corrected chi connectivity index (χ1v) is 13.3. The molecule has 210 valence electrons. The molecule has 0 bridgehead atoms. The molecule has 40 heavy (non-hydrogen) atoms. The number of ether oxygens (including phenoxy) is 4. The van der Waals surface area contributed by atoms with Gasteiger partial charge in [-0.05, 0) is 41.5 Å². The van der Waals surface area contributed by atoms with Crippen LogP contribution in [0.1, 0.15) is 21.5 Å². The van der Waals surface area contributed by atoms with Crippen molar-refractivity contribution in [1.82, 2.24) is 9.80 Å². The van der Waals surface area contributed by atoms with E-state index in [1.807, 2.05) is 30.3 Å². The molecule has 0 N–H and O–H groups in total. The summed E-state index contributed by atoms with van der Waals surface area (Å²) in [5.74, 6) is 1.52. The Morgan fingerprint density at radius 1 is 0.750 bits per heavy atom. The summed E-state index contributed by atoms with van der Waals surface area (Å²) in [5.41, 5.74) is 2.47. The fraction of sp³-hybridized carbons (Fsp3) is 0.267. The largest absolute Gasteiger partial charge is 0.497 e. The lowest BCUT2D eigenvalue weighted by Gasteiger charge is -2.34. The van der Waals surface area contributed by atoms with Gasteiger partial charge in [0.05, 0.1) is 38.5 Å². The van der Waals surface area contributed by atoms with Gasteiger partial charge in [-0.1, -0.05) is 47.5 Å². The van der Waals surface area contributed by atoms with Gasteiger partial charge in [0.25, 0.3) is 5.91 Å². The molecule has 2 amide bonds. The number of hydrogen-bond acceptors (Lipinski definition) is 6. The van der Waals surface area contributed by atoms with E-state index in [0.717, 1.165) is 5.56 Å². The summed E-state index contributed by atoms with van der Waals surface area (Å²) < 4.78 is 21.4. The van der Waals surface area contributed by atoms with Crippen molar-refractivity contribution >= 4 is 40.6 Å². The van der Waals surface area contributed by atoms with Gasteiger partial charge in [0.2, 0.25) is 11.7 Å². The van der Waals surface area contributed by atoms with Crippen molar-refractivity contribution in [3.63, 3.8) is 0 Å². The number of amides is 2. The predicted octanol–water partition coefficient (Wildman–Crippen LogP) is 5.44. The topological polar surface area (TPSA) is 77.5 Å². The van der Waals surface area contributed by atoms with Gasteiger partial charge >= 0.3 is 0 Å². The van der Waals surface area contributed by atoms with E-state index in [-0.39, 0.29) is 11.8 Å². The highest BCUT2D eigenvalue weighted by Crippen LogP contribution is 2.39. The van der Waals surface area contributed by atoms with E-state index in [4.69, 9.17) is 42.1 Å². The van der Waals surface area contributed by atoms with Crippen LogP contribution in [0.15, 0.2) is 60.7 Å². The van der Waals surface area contributed by atoms with Gasteiger partial charge in [0, 0.05) is 43.4 Å². The highest BCUT2D eigenvalue weighted by molar-refractivity contribution is 6.43. The van der Waals surface area contributed by atoms with Crippen molar-refractivity contribution in [2.24, 2.45) is 0 Å². The molecular weight excluding hydrogens is 555 g/mol. The second kappa shape index (κ2) is 13.0. The first-order chi connectivity index (χ1) is 19.3. The highest BCUT2D eigenvalue weighted by Gasteiger charge is 2.27. The van der Waals surface area contributed by atoms with Crippen molar-refractivity contribution < 1.29 is 28.5 Å². The average molecular weight is 585 g/mol. The minimum absolute atomic E-state index is 0.188. The van der Waals surface area contributed by atoms with Crippen LogP contribution < -0.4 is 18.9 Å². The molecule has 0 saturated carbocycles. The van der Waals surface area contributed by atoms with Gasteiger partial charge in [-0.3, -0.25) is 9.59 Å². The highest BCUT2D eigenvalue weighted by atomic mass is 35.5. The molecule has 8 nitrogen and oxygen atoms in total. The van der Waals surface area contributed by atoms with Crippen LogP contribution in [0.2, 0.25) is 10.0 Å². The summed E-state index contributed by atoms with van der Waals surface area (Å²) in [5, 5.41) is 0.754. The van der Waals surface area contributed by atoms with Crippen LogP contribution in [0.4, 0.5) is 0 Å². The lowest BCUT2D eigenvalue weighted by atomic mass is 9.97. The maximum Gasteiger partial charge on any atom is 0.254 e. The zero-order valence-electron chi connectivity index (χ0n) is 22.7. The van der Waals surface area contributed by atoms with E-state index in [2.05, 4.69) is 0 Å². The summed E-state index contributed by atoms with van der Waals surface area (Å²) in [6.07, 6.45) is 1.57. The Morgan fingerprint density at radius 2 is 1.35 bits per heavy atom. The van der Waals surface area contributed by atoms with Crippen LogP contribution in [-0.4, -0.2) is 76.2 Å². The Bertz CT molecular complexity index is 1390. The van der Waals surface area contributed by atoms with Gasteiger partial charge in [0.15, 0.2) is 11.5 Å². The summed E-state index contributed by atoms with van der Waals surface area (Å²) in [6, 6.07) is 15.9. The number of hydrogen-bond donors (Lipinski definition) is 0. The number of halogens is 2. The molecule has 0 atom stereocenters. The molecule has 1 aliphatic rings. The maximum atomic E-state index is 13.5. The van der Waals surface area contributed by atoms with Crippen LogP contribution in [0.3, 0.4) is 0 Å². The fourth-order valence-corrected chi connectivity index (χ4v) is 4.93. The Balaban J connectivity index is 1.54. The summed E-state index contributed by atoms with van der Waals surface area (Å²) in [4.78, 5) is 30.2. The van der Waals surface area contributed by atoms with E-state index >= 15 is 0 Å². The smallest absolute Gasteiger partial charge is 0.254 e. The van der Waals surface area contributed by atoms with Gasteiger partial charge < -0.3 is 28.7 Å². The van der Waals surface area contributed by atoms with Crippen LogP contribution in [0.25, 0.3) is 5.57 Å². The van der Waals surface area contributed by atoms with Gasteiger partial charge in [-0.15, -0.1) is 0 Å². The lowest BCUT2D eigenvalue weighted by molar-refractivity contribution is -0.127. The molecule has 3 aromatic carbocycles. The fourth-order valence-electron chi connectivity index (χ4n) is 4.53. The quantitative estimate of drug-likeness (QED) is 0.328. The molecule has 1 fully saturated rings. The number of piperazine rings is 1. The number of nitrogens with zero attached hydrogens (tertiary/aromatic N) is 2. The lowest BCUT2D eigenvalue weighted by Crippen LogP contribution is -2.50. The SMILES string of the molecule is COc1ccc(C(=CC(=O)N2CCN(C(=O)c3cc(OC)c(OC)c(OC)c3)CC2)c2cccc(Cl)c2Cl)cc1. The second-order valence-electron chi connectivity index (χ2n) is 8.92. The van der Waals surface area contributed by atoms with Gasteiger partial charge in [-0.25, -0.2) is 0 Å². The van der Waals surface area contributed by atoms with Crippen LogP contribution >= 0.6 is 23.2 Å². The molecule has 0 spiro atoms.